The molecule has 23 heavy (non-hydrogen) atoms. The summed E-state index contributed by atoms with van der Waals surface area (Å²) in [7, 11) is -3.61. The lowest BCUT2D eigenvalue weighted by atomic mass is 10.1. The Balaban J connectivity index is 3.08. The zero-order chi connectivity index (χ0) is 17.6. The van der Waals surface area contributed by atoms with Gasteiger partial charge in [0.1, 0.15) is 0 Å². The van der Waals surface area contributed by atoms with Crippen molar-refractivity contribution in [3.05, 3.63) is 23.8 Å². The third-order valence-corrected chi connectivity index (χ3v) is 3.10. The Kier molecular flexibility index (Phi) is 6.08. The highest BCUT2D eigenvalue weighted by molar-refractivity contribution is 7.92. The molecule has 9 nitrogen and oxygen atoms in total. The first-order valence-corrected chi connectivity index (χ1v) is 8.37. The lowest BCUT2D eigenvalue weighted by Crippen LogP contribution is -2.27. The largest absolute Gasteiger partial charge is 0.481 e. The highest BCUT2D eigenvalue weighted by Gasteiger charge is 2.15. The summed E-state index contributed by atoms with van der Waals surface area (Å²) in [5.41, 5.74) is 0.293. The van der Waals surface area contributed by atoms with Gasteiger partial charge in [-0.15, -0.1) is 0 Å². The Morgan fingerprint density at radius 2 is 1.87 bits per heavy atom. The number of carbonyl (C=O) groups is 3. The molecule has 1 rings (SSSR count). The van der Waals surface area contributed by atoms with E-state index in [1.54, 1.807) is 0 Å². The van der Waals surface area contributed by atoms with Crippen molar-refractivity contribution < 1.29 is 27.9 Å². The number of carbonyl (C=O) groups excluding carboxylic acids is 2. The molecule has 0 unspecified atom stereocenters. The van der Waals surface area contributed by atoms with Gasteiger partial charge in [-0.3, -0.25) is 19.1 Å². The molecule has 0 heterocycles. The Morgan fingerprint density at radius 1 is 1.22 bits per heavy atom. The van der Waals surface area contributed by atoms with Crippen LogP contribution in [-0.4, -0.2) is 44.1 Å². The van der Waals surface area contributed by atoms with Crippen molar-refractivity contribution in [3.8, 4) is 0 Å². The number of sulfonamides is 1. The molecular weight excluding hydrogens is 326 g/mol. The minimum absolute atomic E-state index is 0.0226. The summed E-state index contributed by atoms with van der Waals surface area (Å²) in [4.78, 5) is 33.6. The van der Waals surface area contributed by atoms with E-state index in [4.69, 9.17) is 5.11 Å². The second-order valence-corrected chi connectivity index (χ2v) is 6.46. The van der Waals surface area contributed by atoms with Crippen LogP contribution in [0.2, 0.25) is 0 Å². The van der Waals surface area contributed by atoms with Crippen LogP contribution in [0.15, 0.2) is 18.2 Å². The van der Waals surface area contributed by atoms with Gasteiger partial charge in [0.2, 0.25) is 15.9 Å². The molecule has 0 aliphatic heterocycles. The Morgan fingerprint density at radius 3 is 2.39 bits per heavy atom. The van der Waals surface area contributed by atoms with Gasteiger partial charge in [0.15, 0.2) is 0 Å². The van der Waals surface area contributed by atoms with Gasteiger partial charge in [0.25, 0.3) is 5.91 Å². The molecule has 4 N–H and O–H groups in total. The van der Waals surface area contributed by atoms with Gasteiger partial charge in [0, 0.05) is 19.2 Å². The van der Waals surface area contributed by atoms with Crippen LogP contribution in [-0.2, 0) is 19.6 Å². The monoisotopic (exact) mass is 343 g/mol. The molecule has 0 saturated carbocycles. The number of nitrogens with one attached hydrogen (secondary N) is 3. The fourth-order valence-electron chi connectivity index (χ4n) is 1.68. The van der Waals surface area contributed by atoms with E-state index in [0.29, 0.717) is 5.69 Å². The van der Waals surface area contributed by atoms with Crippen molar-refractivity contribution in [1.82, 2.24) is 5.32 Å². The summed E-state index contributed by atoms with van der Waals surface area (Å²) in [6.45, 7) is 1.17. The number of amides is 2. The minimum Gasteiger partial charge on any atom is -0.481 e. The molecule has 0 spiro atoms. The van der Waals surface area contributed by atoms with Crippen molar-refractivity contribution in [2.45, 2.75) is 13.3 Å². The van der Waals surface area contributed by atoms with Gasteiger partial charge >= 0.3 is 5.97 Å². The summed E-state index contributed by atoms with van der Waals surface area (Å²) in [5, 5.41) is 13.4. The van der Waals surface area contributed by atoms with E-state index in [1.165, 1.54) is 25.1 Å². The van der Waals surface area contributed by atoms with Crippen molar-refractivity contribution in [1.29, 1.82) is 0 Å². The normalized spacial score (nSPS) is 10.7. The predicted molar refractivity (Wildman–Crippen MR) is 83.8 cm³/mol. The van der Waals surface area contributed by atoms with E-state index in [1.807, 2.05) is 0 Å². The minimum atomic E-state index is -3.61. The van der Waals surface area contributed by atoms with Crippen molar-refractivity contribution >= 4 is 39.2 Å². The van der Waals surface area contributed by atoms with Crippen LogP contribution in [0.1, 0.15) is 23.7 Å². The SMILES string of the molecule is CC(=O)Nc1ccc(NS(C)(=O)=O)c(C(=O)NCCC(=O)O)c1. The van der Waals surface area contributed by atoms with Gasteiger partial charge in [-0.25, -0.2) is 8.42 Å². The number of aliphatic carboxylic acids is 1. The van der Waals surface area contributed by atoms with Crippen LogP contribution in [0.25, 0.3) is 0 Å². The summed E-state index contributed by atoms with van der Waals surface area (Å²) in [6, 6.07) is 4.06. The maximum atomic E-state index is 12.1. The number of hydrogen-bond acceptors (Lipinski definition) is 5. The van der Waals surface area contributed by atoms with E-state index in [2.05, 4.69) is 15.4 Å². The first-order valence-electron chi connectivity index (χ1n) is 6.48. The van der Waals surface area contributed by atoms with Crippen molar-refractivity contribution in [3.63, 3.8) is 0 Å². The summed E-state index contributed by atoms with van der Waals surface area (Å²) >= 11 is 0. The highest BCUT2D eigenvalue weighted by atomic mass is 32.2. The number of anilines is 2. The van der Waals surface area contributed by atoms with Gasteiger partial charge in [-0.1, -0.05) is 0 Å². The smallest absolute Gasteiger partial charge is 0.305 e. The number of hydrogen-bond donors (Lipinski definition) is 4. The summed E-state index contributed by atoms with van der Waals surface area (Å²) < 4.78 is 24.9. The average molecular weight is 343 g/mol. The molecule has 1 aromatic rings. The second-order valence-electron chi connectivity index (χ2n) is 4.72. The van der Waals surface area contributed by atoms with Crippen molar-refractivity contribution in [2.24, 2.45) is 0 Å². The summed E-state index contributed by atoms with van der Waals surface area (Å²) in [6.07, 6.45) is 0.660. The first kappa shape index (κ1) is 18.4. The van der Waals surface area contributed by atoms with Crippen LogP contribution >= 0.6 is 0 Å². The molecule has 1 aromatic carbocycles. The maximum absolute atomic E-state index is 12.1. The molecule has 0 aliphatic rings. The number of carboxylic acids is 1. The highest BCUT2D eigenvalue weighted by Crippen LogP contribution is 2.21. The Labute approximate surface area is 133 Å². The van der Waals surface area contributed by atoms with Gasteiger partial charge in [-0.2, -0.15) is 0 Å². The third kappa shape index (κ3) is 6.78. The fraction of sp³-hybridized carbons (Fsp3) is 0.308. The second kappa shape index (κ2) is 7.58. The van der Waals surface area contributed by atoms with Crippen LogP contribution in [0, 0.1) is 0 Å². The number of rotatable bonds is 7. The molecule has 0 saturated heterocycles. The van der Waals surface area contributed by atoms with E-state index in [0.717, 1.165) is 6.26 Å². The molecule has 0 atom stereocenters. The van der Waals surface area contributed by atoms with Crippen molar-refractivity contribution in [2.75, 3.05) is 22.8 Å². The van der Waals surface area contributed by atoms with E-state index in [-0.39, 0.29) is 30.1 Å². The molecule has 126 valence electrons. The number of benzene rings is 1. The molecule has 0 aromatic heterocycles. The Hall–Kier alpha value is -2.62. The lowest BCUT2D eigenvalue weighted by molar-refractivity contribution is -0.136. The Bertz CT molecular complexity index is 729. The van der Waals surface area contributed by atoms with Crippen LogP contribution in [0.5, 0.6) is 0 Å². The zero-order valence-corrected chi connectivity index (χ0v) is 13.4. The van der Waals surface area contributed by atoms with E-state index < -0.39 is 21.9 Å². The molecule has 0 bridgehead atoms. The van der Waals surface area contributed by atoms with Gasteiger partial charge in [0.05, 0.1) is 23.9 Å². The topological polar surface area (TPSA) is 142 Å². The standard InChI is InChI=1S/C13H17N3O6S/c1-8(17)15-9-3-4-11(16-23(2,21)22)10(7-9)13(20)14-6-5-12(18)19/h3-4,7,16H,5-6H2,1-2H3,(H,14,20)(H,15,17)(H,18,19). The average Bonchev–Trinajstić information content (AvgIpc) is 2.37. The first-order chi connectivity index (χ1) is 10.6. The zero-order valence-electron chi connectivity index (χ0n) is 12.5. The van der Waals surface area contributed by atoms with Crippen LogP contribution in [0.3, 0.4) is 0 Å². The number of carboxylic acid groups (broad SMARTS) is 1. The molecular formula is C13H17N3O6S. The molecule has 0 fully saturated rings. The quantitative estimate of drug-likeness (QED) is 0.558. The maximum Gasteiger partial charge on any atom is 0.305 e. The van der Waals surface area contributed by atoms with Crippen LogP contribution in [0.4, 0.5) is 11.4 Å². The van der Waals surface area contributed by atoms with E-state index >= 15 is 0 Å². The van der Waals surface area contributed by atoms with Gasteiger partial charge < -0.3 is 15.7 Å². The molecule has 0 aliphatic carbocycles. The molecule has 10 heteroatoms. The third-order valence-electron chi connectivity index (χ3n) is 2.50. The van der Waals surface area contributed by atoms with Crippen LogP contribution < -0.4 is 15.4 Å². The molecule has 0 radical (unpaired) electrons. The predicted octanol–water partition coefficient (Wildman–Crippen LogP) is 0.221. The fourth-order valence-corrected chi connectivity index (χ4v) is 2.26. The molecule has 2 amide bonds. The lowest BCUT2D eigenvalue weighted by Gasteiger charge is -2.13. The summed E-state index contributed by atoms with van der Waals surface area (Å²) in [5.74, 6) is -2.09. The van der Waals surface area contributed by atoms with Gasteiger partial charge in [-0.05, 0) is 18.2 Å². The van der Waals surface area contributed by atoms with E-state index in [9.17, 15) is 22.8 Å².